The zero-order chi connectivity index (χ0) is 7.56. The summed E-state index contributed by atoms with van der Waals surface area (Å²) in [6.45, 7) is 1.95. The molecule has 1 aromatic heterocycles. The van der Waals surface area contributed by atoms with E-state index in [1.807, 2.05) is 32.0 Å². The van der Waals surface area contributed by atoms with Crippen LogP contribution in [-0.4, -0.2) is 24.1 Å². The topological polar surface area (TPSA) is 29.0 Å². The number of rotatable bonds is 1. The minimum absolute atomic E-state index is 0.951. The number of hydrogen-bond donors (Lipinski definition) is 0. The van der Waals surface area contributed by atoms with Crippen LogP contribution in [0.2, 0.25) is 0 Å². The average molecular weight is 137 g/mol. The molecule has 0 aliphatic carbocycles. The highest BCUT2D eigenvalue weighted by Gasteiger charge is 1.94. The van der Waals surface area contributed by atoms with E-state index in [1.165, 1.54) is 0 Å². The van der Waals surface area contributed by atoms with Gasteiger partial charge in [-0.2, -0.15) is 0 Å². The third kappa shape index (κ3) is 1.43. The van der Waals surface area contributed by atoms with Crippen LogP contribution in [0.5, 0.6) is 0 Å². The Morgan fingerprint density at radius 3 is 2.40 bits per heavy atom. The van der Waals surface area contributed by atoms with Crippen LogP contribution >= 0.6 is 0 Å². The van der Waals surface area contributed by atoms with Crippen LogP contribution in [0.3, 0.4) is 0 Å². The summed E-state index contributed by atoms with van der Waals surface area (Å²) in [4.78, 5) is 9.99. The van der Waals surface area contributed by atoms with Gasteiger partial charge in [0.25, 0.3) is 0 Å². The zero-order valence-electron chi connectivity index (χ0n) is 6.50. The van der Waals surface area contributed by atoms with Crippen LogP contribution < -0.4 is 4.90 Å². The first kappa shape index (κ1) is 6.99. The highest BCUT2D eigenvalue weighted by Crippen LogP contribution is 2.04. The number of aryl methyl sites for hydroxylation is 1. The lowest BCUT2D eigenvalue weighted by molar-refractivity contribution is 1.01. The second kappa shape index (κ2) is 2.64. The van der Waals surface area contributed by atoms with E-state index in [-0.39, 0.29) is 0 Å². The van der Waals surface area contributed by atoms with Crippen molar-refractivity contribution in [3.8, 4) is 0 Å². The Morgan fingerprint density at radius 1 is 1.30 bits per heavy atom. The molecule has 0 saturated heterocycles. The minimum Gasteiger partial charge on any atom is -0.363 e. The first-order valence-corrected chi connectivity index (χ1v) is 3.16. The number of hydrogen-bond acceptors (Lipinski definition) is 3. The first-order chi connectivity index (χ1) is 4.70. The highest BCUT2D eigenvalue weighted by atomic mass is 15.1. The molecular weight excluding hydrogens is 126 g/mol. The maximum absolute atomic E-state index is 4.05. The van der Waals surface area contributed by atoms with Crippen molar-refractivity contribution in [3.05, 3.63) is 18.1 Å². The molecule has 0 saturated carbocycles. The summed E-state index contributed by atoms with van der Waals surface area (Å²) >= 11 is 0. The monoisotopic (exact) mass is 137 g/mol. The summed E-state index contributed by atoms with van der Waals surface area (Å²) in [7, 11) is 3.92. The van der Waals surface area contributed by atoms with Gasteiger partial charge in [0.15, 0.2) is 0 Å². The van der Waals surface area contributed by atoms with Crippen LogP contribution in [0, 0.1) is 6.92 Å². The smallest absolute Gasteiger partial charge is 0.131 e. The van der Waals surface area contributed by atoms with Crippen molar-refractivity contribution in [2.24, 2.45) is 0 Å². The van der Waals surface area contributed by atoms with Gasteiger partial charge in [0.1, 0.15) is 12.1 Å². The molecule has 0 aliphatic heterocycles. The maximum Gasteiger partial charge on any atom is 0.131 e. The fourth-order valence-electron chi connectivity index (χ4n) is 0.685. The largest absolute Gasteiger partial charge is 0.363 e. The van der Waals surface area contributed by atoms with Crippen LogP contribution in [0.15, 0.2) is 12.4 Å². The molecule has 0 aliphatic rings. The Morgan fingerprint density at radius 2 is 2.00 bits per heavy atom. The molecule has 0 fully saturated rings. The van der Waals surface area contributed by atoms with E-state index in [2.05, 4.69) is 9.97 Å². The van der Waals surface area contributed by atoms with Crippen molar-refractivity contribution in [2.45, 2.75) is 6.92 Å². The summed E-state index contributed by atoms with van der Waals surface area (Å²) in [5, 5.41) is 0. The molecule has 3 heteroatoms. The molecule has 0 amide bonds. The predicted octanol–water partition coefficient (Wildman–Crippen LogP) is 0.851. The second-order valence-corrected chi connectivity index (χ2v) is 2.41. The Kier molecular flexibility index (Phi) is 1.85. The van der Waals surface area contributed by atoms with Crippen molar-refractivity contribution in [1.82, 2.24) is 9.97 Å². The van der Waals surface area contributed by atoms with Gasteiger partial charge in [-0.15, -0.1) is 0 Å². The average Bonchev–Trinajstić information content (AvgIpc) is 1.88. The van der Waals surface area contributed by atoms with Gasteiger partial charge in [0.05, 0.1) is 0 Å². The van der Waals surface area contributed by atoms with E-state index >= 15 is 0 Å². The summed E-state index contributed by atoms with van der Waals surface area (Å²) in [5.41, 5.74) is 0.999. The highest BCUT2D eigenvalue weighted by molar-refractivity contribution is 5.35. The lowest BCUT2D eigenvalue weighted by Gasteiger charge is -2.09. The fraction of sp³-hybridized carbons (Fsp3) is 0.429. The Labute approximate surface area is 60.7 Å². The first-order valence-electron chi connectivity index (χ1n) is 3.16. The van der Waals surface area contributed by atoms with E-state index < -0.39 is 0 Å². The van der Waals surface area contributed by atoms with Crippen LogP contribution in [0.4, 0.5) is 5.82 Å². The number of anilines is 1. The maximum atomic E-state index is 4.05. The molecule has 0 N–H and O–H groups in total. The fourth-order valence-corrected chi connectivity index (χ4v) is 0.685. The lowest BCUT2D eigenvalue weighted by atomic mass is 10.4. The van der Waals surface area contributed by atoms with Crippen LogP contribution in [0.1, 0.15) is 5.69 Å². The van der Waals surface area contributed by atoms with E-state index in [9.17, 15) is 0 Å². The van der Waals surface area contributed by atoms with E-state index in [0.29, 0.717) is 0 Å². The van der Waals surface area contributed by atoms with Crippen molar-refractivity contribution in [3.63, 3.8) is 0 Å². The molecule has 1 heterocycles. The molecule has 0 unspecified atom stereocenters. The molecule has 0 atom stereocenters. The van der Waals surface area contributed by atoms with E-state index in [1.54, 1.807) is 6.33 Å². The predicted molar refractivity (Wildman–Crippen MR) is 41.1 cm³/mol. The second-order valence-electron chi connectivity index (χ2n) is 2.41. The molecule has 1 rings (SSSR count). The minimum atomic E-state index is 0.951. The van der Waals surface area contributed by atoms with Crippen molar-refractivity contribution < 1.29 is 0 Å². The molecule has 10 heavy (non-hydrogen) atoms. The van der Waals surface area contributed by atoms with E-state index in [0.717, 1.165) is 11.5 Å². The van der Waals surface area contributed by atoms with Crippen molar-refractivity contribution >= 4 is 5.82 Å². The third-order valence-electron chi connectivity index (χ3n) is 1.25. The molecule has 54 valence electrons. The zero-order valence-corrected chi connectivity index (χ0v) is 6.50. The molecule has 3 nitrogen and oxygen atoms in total. The Balaban J connectivity index is 2.96. The molecule has 0 bridgehead atoms. The van der Waals surface area contributed by atoms with Gasteiger partial charge in [-0.3, -0.25) is 0 Å². The Bertz CT molecular complexity index is 220. The van der Waals surface area contributed by atoms with Crippen LogP contribution in [-0.2, 0) is 0 Å². The normalized spacial score (nSPS) is 9.50. The summed E-state index contributed by atoms with van der Waals surface area (Å²) in [5.74, 6) is 0.951. The third-order valence-corrected chi connectivity index (χ3v) is 1.25. The summed E-state index contributed by atoms with van der Waals surface area (Å²) in [6.07, 6.45) is 1.57. The molecule has 0 radical (unpaired) electrons. The van der Waals surface area contributed by atoms with Gasteiger partial charge in [-0.1, -0.05) is 0 Å². The number of aromatic nitrogens is 2. The van der Waals surface area contributed by atoms with Crippen LogP contribution in [0.25, 0.3) is 0 Å². The molecule has 0 aromatic carbocycles. The van der Waals surface area contributed by atoms with Gasteiger partial charge in [0.2, 0.25) is 0 Å². The Hall–Kier alpha value is -1.12. The van der Waals surface area contributed by atoms with Crippen molar-refractivity contribution in [1.29, 1.82) is 0 Å². The quantitative estimate of drug-likeness (QED) is 0.574. The van der Waals surface area contributed by atoms with Gasteiger partial charge >= 0.3 is 0 Å². The van der Waals surface area contributed by atoms with E-state index in [4.69, 9.17) is 0 Å². The van der Waals surface area contributed by atoms with Gasteiger partial charge in [-0.05, 0) is 6.92 Å². The summed E-state index contributed by atoms with van der Waals surface area (Å²) in [6, 6.07) is 1.94. The molecular formula is C7H11N3. The van der Waals surface area contributed by atoms with Crippen molar-refractivity contribution in [2.75, 3.05) is 19.0 Å². The summed E-state index contributed by atoms with van der Waals surface area (Å²) < 4.78 is 0. The van der Waals surface area contributed by atoms with Gasteiger partial charge in [0, 0.05) is 25.9 Å². The molecule has 0 spiro atoms. The van der Waals surface area contributed by atoms with Gasteiger partial charge < -0.3 is 4.90 Å². The number of nitrogens with zero attached hydrogens (tertiary/aromatic N) is 3. The standard InChI is InChI=1S/C7H11N3/c1-6-4-7(10(2)3)9-5-8-6/h4-5H,1-3H3. The SMILES string of the molecule is Cc1cc(N(C)C)ncn1. The van der Waals surface area contributed by atoms with Gasteiger partial charge in [-0.25, -0.2) is 9.97 Å². The molecule has 1 aromatic rings. The lowest BCUT2D eigenvalue weighted by Crippen LogP contribution is -2.10.